The molecule has 1 fully saturated rings. The second kappa shape index (κ2) is 10.3. The molecule has 2 heterocycles. The lowest BCUT2D eigenvalue weighted by atomic mass is 9.88. The Bertz CT molecular complexity index is 988. The van der Waals surface area contributed by atoms with Crippen LogP contribution in [0, 0.1) is 5.92 Å². The molecule has 0 spiro atoms. The molecule has 0 radical (unpaired) electrons. The van der Waals surface area contributed by atoms with Gasteiger partial charge in [0.05, 0.1) is 36.3 Å². The van der Waals surface area contributed by atoms with Crippen molar-refractivity contribution in [2.75, 3.05) is 30.0 Å². The number of hydrogen-bond donors (Lipinski definition) is 3. The summed E-state index contributed by atoms with van der Waals surface area (Å²) in [6, 6.07) is -1.08. The van der Waals surface area contributed by atoms with Crippen LogP contribution in [-0.4, -0.2) is 62.9 Å². The van der Waals surface area contributed by atoms with Crippen molar-refractivity contribution in [1.82, 2.24) is 10.6 Å². The third-order valence-corrected chi connectivity index (χ3v) is 8.73. The van der Waals surface area contributed by atoms with Gasteiger partial charge in [-0.25, -0.2) is 13.2 Å². The molecule has 3 N–H and O–H groups in total. The number of carbonyl (C=O) groups excluding carboxylic acids is 3. The predicted molar refractivity (Wildman–Crippen MR) is 123 cm³/mol. The van der Waals surface area contributed by atoms with Gasteiger partial charge in [0.2, 0.25) is 11.8 Å². The second-order valence-electron chi connectivity index (χ2n) is 8.54. The summed E-state index contributed by atoms with van der Waals surface area (Å²) in [6.07, 6.45) is 3.04. The first-order valence-corrected chi connectivity index (χ1v) is 13.6. The summed E-state index contributed by atoms with van der Waals surface area (Å²) in [7, 11) is -3.08. The van der Waals surface area contributed by atoms with Crippen LogP contribution < -0.4 is 16.0 Å². The van der Waals surface area contributed by atoms with E-state index in [0.717, 1.165) is 29.7 Å². The molecule has 1 aromatic heterocycles. The average Bonchev–Trinajstić information content (AvgIpc) is 3.24. The van der Waals surface area contributed by atoms with Gasteiger partial charge in [0.15, 0.2) is 9.84 Å². The SMILES string of the molecule is CCOC(=O)c1c(NC(=O)[C@H](C)NCC(=O)N[C@H]2CCS(=O)(=O)C2)sc2c1CC[C@@H](C)C2. The predicted octanol–water partition coefficient (Wildman–Crippen LogP) is 1.27. The van der Waals surface area contributed by atoms with Crippen molar-refractivity contribution in [3.63, 3.8) is 0 Å². The standard InChI is InChI=1S/C21H31N3O6S2/c1-4-30-21(27)18-15-6-5-12(2)9-16(15)31-20(18)24-19(26)13(3)22-10-17(25)23-14-7-8-32(28,29)11-14/h12-14,22H,4-11H2,1-3H3,(H,23,25)(H,24,26)/t12-,13+,14+/m1/s1. The lowest BCUT2D eigenvalue weighted by Gasteiger charge is -2.18. The number of fused-ring (bicyclic) bond motifs is 1. The molecule has 32 heavy (non-hydrogen) atoms. The van der Waals surface area contributed by atoms with Gasteiger partial charge in [-0.15, -0.1) is 11.3 Å². The largest absolute Gasteiger partial charge is 0.462 e. The summed E-state index contributed by atoms with van der Waals surface area (Å²) < 4.78 is 28.2. The van der Waals surface area contributed by atoms with Gasteiger partial charge in [-0.3, -0.25) is 14.9 Å². The van der Waals surface area contributed by atoms with E-state index in [0.29, 0.717) is 22.9 Å². The maximum atomic E-state index is 12.7. The molecule has 1 aliphatic carbocycles. The number of nitrogens with one attached hydrogen (secondary N) is 3. The van der Waals surface area contributed by atoms with Crippen LogP contribution >= 0.6 is 11.3 Å². The summed E-state index contributed by atoms with van der Waals surface area (Å²) in [5, 5.41) is 8.86. The minimum Gasteiger partial charge on any atom is -0.462 e. The molecule has 0 aromatic carbocycles. The van der Waals surface area contributed by atoms with Crippen LogP contribution in [0.1, 0.15) is 54.4 Å². The number of rotatable bonds is 8. The van der Waals surface area contributed by atoms with E-state index in [-0.39, 0.29) is 42.5 Å². The van der Waals surface area contributed by atoms with Crippen molar-refractivity contribution in [2.45, 2.75) is 58.5 Å². The highest BCUT2D eigenvalue weighted by Gasteiger charge is 2.31. The van der Waals surface area contributed by atoms with E-state index in [9.17, 15) is 22.8 Å². The van der Waals surface area contributed by atoms with Gasteiger partial charge in [0.25, 0.3) is 0 Å². The van der Waals surface area contributed by atoms with Crippen LogP contribution in [0.5, 0.6) is 0 Å². The van der Waals surface area contributed by atoms with Crippen molar-refractivity contribution in [1.29, 1.82) is 0 Å². The maximum Gasteiger partial charge on any atom is 0.341 e. The fraction of sp³-hybridized carbons (Fsp3) is 0.667. The molecule has 178 valence electrons. The minimum atomic E-state index is -3.08. The Balaban J connectivity index is 1.59. The van der Waals surface area contributed by atoms with E-state index < -0.39 is 21.8 Å². The topological polar surface area (TPSA) is 131 Å². The zero-order chi connectivity index (χ0) is 23.5. The molecule has 0 saturated carbocycles. The summed E-state index contributed by atoms with van der Waals surface area (Å²) >= 11 is 1.41. The highest BCUT2D eigenvalue weighted by Crippen LogP contribution is 2.40. The van der Waals surface area contributed by atoms with E-state index in [1.54, 1.807) is 13.8 Å². The molecule has 1 aromatic rings. The second-order valence-corrected chi connectivity index (χ2v) is 11.9. The number of hydrogen-bond acceptors (Lipinski definition) is 8. The van der Waals surface area contributed by atoms with E-state index >= 15 is 0 Å². The Labute approximate surface area is 192 Å². The van der Waals surface area contributed by atoms with E-state index in [1.165, 1.54) is 11.3 Å². The zero-order valence-corrected chi connectivity index (χ0v) is 20.3. The van der Waals surface area contributed by atoms with Crippen molar-refractivity contribution in [2.24, 2.45) is 5.92 Å². The van der Waals surface area contributed by atoms with Crippen molar-refractivity contribution in [3.05, 3.63) is 16.0 Å². The molecule has 3 rings (SSSR count). The molecule has 3 atom stereocenters. The molecule has 2 aliphatic rings. The quantitative estimate of drug-likeness (QED) is 0.473. The highest BCUT2D eigenvalue weighted by atomic mass is 32.2. The number of ether oxygens (including phenoxy) is 1. The summed E-state index contributed by atoms with van der Waals surface area (Å²) in [4.78, 5) is 38.5. The number of amides is 2. The fourth-order valence-electron chi connectivity index (χ4n) is 4.00. The monoisotopic (exact) mass is 485 g/mol. The van der Waals surface area contributed by atoms with Gasteiger partial charge >= 0.3 is 5.97 Å². The van der Waals surface area contributed by atoms with E-state index in [4.69, 9.17) is 4.74 Å². The average molecular weight is 486 g/mol. The summed E-state index contributed by atoms with van der Waals surface area (Å²) in [5.74, 6) is -0.600. The number of sulfone groups is 1. The Hall–Kier alpha value is -1.98. The normalized spacial score (nSPS) is 22.6. The highest BCUT2D eigenvalue weighted by molar-refractivity contribution is 7.91. The fourth-order valence-corrected chi connectivity index (χ4v) is 7.08. The lowest BCUT2D eigenvalue weighted by Crippen LogP contribution is -2.46. The van der Waals surface area contributed by atoms with Crippen LogP contribution in [0.15, 0.2) is 0 Å². The zero-order valence-electron chi connectivity index (χ0n) is 18.7. The molecular weight excluding hydrogens is 454 g/mol. The van der Waals surface area contributed by atoms with Gasteiger partial charge in [-0.05, 0) is 51.0 Å². The number of thiophene rings is 1. The number of anilines is 1. The molecule has 11 heteroatoms. The first-order valence-electron chi connectivity index (χ1n) is 10.9. The third-order valence-electron chi connectivity index (χ3n) is 5.79. The molecule has 1 saturated heterocycles. The van der Waals surface area contributed by atoms with Gasteiger partial charge in [-0.1, -0.05) is 6.92 Å². The Morgan fingerprint density at radius 1 is 1.25 bits per heavy atom. The molecular formula is C21H31N3O6S2. The van der Waals surface area contributed by atoms with Gasteiger partial charge < -0.3 is 15.4 Å². The molecule has 1 aliphatic heterocycles. The van der Waals surface area contributed by atoms with Gasteiger partial charge in [-0.2, -0.15) is 0 Å². The van der Waals surface area contributed by atoms with E-state index in [1.807, 2.05) is 0 Å². The van der Waals surface area contributed by atoms with Crippen molar-refractivity contribution < 1.29 is 27.5 Å². The van der Waals surface area contributed by atoms with Crippen LogP contribution in [0.2, 0.25) is 0 Å². The molecule has 9 nitrogen and oxygen atoms in total. The molecule has 0 bridgehead atoms. The number of esters is 1. The molecule has 0 unspecified atom stereocenters. The van der Waals surface area contributed by atoms with Crippen molar-refractivity contribution in [3.8, 4) is 0 Å². The molecule has 2 amide bonds. The Morgan fingerprint density at radius 2 is 2.00 bits per heavy atom. The minimum absolute atomic E-state index is 0.0485. The van der Waals surface area contributed by atoms with Crippen LogP contribution in [0.4, 0.5) is 5.00 Å². The first-order chi connectivity index (χ1) is 15.1. The van der Waals surface area contributed by atoms with Gasteiger partial charge in [0, 0.05) is 10.9 Å². The van der Waals surface area contributed by atoms with Gasteiger partial charge in [0.1, 0.15) is 5.00 Å². The van der Waals surface area contributed by atoms with Crippen LogP contribution in [-0.2, 0) is 37.0 Å². The third kappa shape index (κ3) is 6.08. The lowest BCUT2D eigenvalue weighted by molar-refractivity contribution is -0.121. The summed E-state index contributed by atoms with van der Waals surface area (Å²) in [6.45, 7) is 5.68. The summed E-state index contributed by atoms with van der Waals surface area (Å²) in [5.41, 5.74) is 1.41. The Morgan fingerprint density at radius 3 is 2.66 bits per heavy atom. The smallest absolute Gasteiger partial charge is 0.341 e. The maximum absolute atomic E-state index is 12.7. The van der Waals surface area contributed by atoms with Crippen LogP contribution in [0.25, 0.3) is 0 Å². The van der Waals surface area contributed by atoms with Crippen molar-refractivity contribution >= 4 is 44.0 Å². The van der Waals surface area contributed by atoms with E-state index in [2.05, 4.69) is 22.9 Å². The van der Waals surface area contributed by atoms with Crippen LogP contribution in [0.3, 0.4) is 0 Å². The first kappa shape index (κ1) is 24.7. The Kier molecular flexibility index (Phi) is 7.94. The number of carbonyl (C=O) groups is 3.